The van der Waals surface area contributed by atoms with E-state index >= 15 is 0 Å². The van der Waals surface area contributed by atoms with Gasteiger partial charge in [-0.15, -0.1) is 0 Å². The Labute approximate surface area is 188 Å². The van der Waals surface area contributed by atoms with Crippen molar-refractivity contribution in [3.05, 3.63) is 0 Å². The number of hydrogen-bond donors (Lipinski definition) is 8. The van der Waals surface area contributed by atoms with E-state index in [0.717, 1.165) is 0 Å². The van der Waals surface area contributed by atoms with Crippen molar-refractivity contribution in [2.24, 2.45) is 23.1 Å². The summed E-state index contributed by atoms with van der Waals surface area (Å²) in [6.07, 6.45) is -1.90. The highest BCUT2D eigenvalue weighted by Gasteiger charge is 2.33. The molecule has 0 aromatic heterocycles. The van der Waals surface area contributed by atoms with Crippen LogP contribution >= 0.6 is 0 Å². The van der Waals surface area contributed by atoms with Gasteiger partial charge in [-0.2, -0.15) is 0 Å². The highest BCUT2D eigenvalue weighted by molar-refractivity contribution is 5.98. The van der Waals surface area contributed by atoms with Gasteiger partial charge >= 0.3 is 11.9 Å². The predicted molar refractivity (Wildman–Crippen MR) is 111 cm³/mol. The number of nitrogens with two attached hydrogens (primary N) is 3. The van der Waals surface area contributed by atoms with Crippen molar-refractivity contribution >= 4 is 41.5 Å². The van der Waals surface area contributed by atoms with Crippen LogP contribution in [0.5, 0.6) is 0 Å². The minimum atomic E-state index is -1.86. The number of hydrogen-bond acceptors (Lipinski definition) is 8. The zero-order chi connectivity index (χ0) is 25.9. The average Bonchev–Trinajstić information content (AvgIpc) is 2.69. The molecule has 33 heavy (non-hydrogen) atoms. The first-order valence-corrected chi connectivity index (χ1v) is 9.87. The molecule has 11 N–H and O–H groups in total. The fourth-order valence-corrected chi connectivity index (χ4v) is 2.52. The quantitative estimate of drug-likeness (QED) is 0.114. The van der Waals surface area contributed by atoms with Crippen LogP contribution in [-0.4, -0.2) is 75.9 Å². The molecule has 5 amide bonds. The summed E-state index contributed by atoms with van der Waals surface area (Å²) < 4.78 is 0. The Morgan fingerprint density at radius 2 is 1.12 bits per heavy atom. The van der Waals surface area contributed by atoms with Crippen LogP contribution < -0.4 is 33.2 Å². The number of nitrogens with one attached hydrogen (secondary N) is 3. The standard InChI is InChI=1S/C18H30N6O9/c1-3-7(2)14(21)17(31)23-9(5-12(20)26)15(29)22-8(4-11(19)25)16(30)24-10(18(32)33)6-13(27)28/h7-10,14H,3-6,21H2,1-2H3,(H2,19,25)(H2,20,26)(H,22,29)(H,23,31)(H,24,30)(H,27,28)(H,32,33). The molecule has 0 saturated carbocycles. The molecular formula is C18H30N6O9. The lowest BCUT2D eigenvalue weighted by Gasteiger charge is -2.25. The molecule has 0 radical (unpaired) electrons. The zero-order valence-electron chi connectivity index (χ0n) is 18.2. The van der Waals surface area contributed by atoms with E-state index in [-0.39, 0.29) is 5.92 Å². The molecule has 5 unspecified atom stereocenters. The third kappa shape index (κ3) is 10.9. The second-order valence-corrected chi connectivity index (χ2v) is 7.37. The van der Waals surface area contributed by atoms with Crippen molar-refractivity contribution in [2.75, 3.05) is 0 Å². The van der Waals surface area contributed by atoms with Crippen LogP contribution in [0.2, 0.25) is 0 Å². The number of aliphatic carboxylic acids is 2. The highest BCUT2D eigenvalue weighted by atomic mass is 16.4. The number of carboxylic acids is 2. The number of carbonyl (C=O) groups is 7. The third-order valence-electron chi connectivity index (χ3n) is 4.63. The van der Waals surface area contributed by atoms with Crippen LogP contribution in [0.4, 0.5) is 0 Å². The van der Waals surface area contributed by atoms with Gasteiger partial charge in [0.05, 0.1) is 25.3 Å². The van der Waals surface area contributed by atoms with E-state index in [1.807, 2.05) is 5.32 Å². The summed E-state index contributed by atoms with van der Waals surface area (Å²) in [5.74, 6) is -8.60. The Balaban J connectivity index is 5.60. The lowest BCUT2D eigenvalue weighted by Crippen LogP contribution is -2.58. The van der Waals surface area contributed by atoms with Gasteiger partial charge in [-0.05, 0) is 5.92 Å². The van der Waals surface area contributed by atoms with Crippen molar-refractivity contribution in [1.29, 1.82) is 0 Å². The lowest BCUT2D eigenvalue weighted by molar-refractivity contribution is -0.147. The van der Waals surface area contributed by atoms with Crippen molar-refractivity contribution in [2.45, 2.75) is 63.7 Å². The summed E-state index contributed by atoms with van der Waals surface area (Å²) >= 11 is 0. The van der Waals surface area contributed by atoms with Crippen LogP contribution in [0, 0.1) is 5.92 Å². The van der Waals surface area contributed by atoms with Crippen molar-refractivity contribution in [1.82, 2.24) is 16.0 Å². The molecule has 5 atom stereocenters. The Morgan fingerprint density at radius 3 is 1.45 bits per heavy atom. The number of rotatable bonds is 15. The highest BCUT2D eigenvalue weighted by Crippen LogP contribution is 2.07. The molecule has 0 aromatic carbocycles. The van der Waals surface area contributed by atoms with E-state index in [1.165, 1.54) is 0 Å². The van der Waals surface area contributed by atoms with Crippen LogP contribution in [0.25, 0.3) is 0 Å². The van der Waals surface area contributed by atoms with Gasteiger partial charge in [0, 0.05) is 0 Å². The van der Waals surface area contributed by atoms with Crippen molar-refractivity contribution in [3.63, 3.8) is 0 Å². The number of carbonyl (C=O) groups excluding carboxylic acids is 5. The molecule has 0 aliphatic heterocycles. The molecule has 0 spiro atoms. The maximum Gasteiger partial charge on any atom is 0.326 e. The van der Waals surface area contributed by atoms with Gasteiger partial charge < -0.3 is 43.4 Å². The number of primary amides is 2. The fraction of sp³-hybridized carbons (Fsp3) is 0.611. The molecular weight excluding hydrogens is 444 g/mol. The van der Waals surface area contributed by atoms with E-state index in [9.17, 15) is 33.6 Å². The summed E-state index contributed by atoms with van der Waals surface area (Å²) in [7, 11) is 0. The van der Waals surface area contributed by atoms with E-state index in [0.29, 0.717) is 6.42 Å². The van der Waals surface area contributed by atoms with Gasteiger partial charge in [0.2, 0.25) is 29.5 Å². The van der Waals surface area contributed by atoms with Gasteiger partial charge in [-0.25, -0.2) is 4.79 Å². The molecule has 186 valence electrons. The smallest absolute Gasteiger partial charge is 0.326 e. The van der Waals surface area contributed by atoms with Crippen LogP contribution in [0.15, 0.2) is 0 Å². The Morgan fingerprint density at radius 1 is 0.727 bits per heavy atom. The maximum absolute atomic E-state index is 12.7. The molecule has 0 bridgehead atoms. The number of carboxylic acid groups (broad SMARTS) is 2. The minimum Gasteiger partial charge on any atom is -0.481 e. The first-order valence-electron chi connectivity index (χ1n) is 9.87. The van der Waals surface area contributed by atoms with E-state index < -0.39 is 84.9 Å². The van der Waals surface area contributed by atoms with Gasteiger partial charge in [-0.3, -0.25) is 28.8 Å². The predicted octanol–water partition coefficient (Wildman–Crippen LogP) is -3.88. The SMILES string of the molecule is CCC(C)C(N)C(=O)NC(CC(N)=O)C(=O)NC(CC(N)=O)C(=O)NC(CC(=O)O)C(=O)O. The maximum atomic E-state index is 12.7. The van der Waals surface area contributed by atoms with Gasteiger partial charge in [0.25, 0.3) is 0 Å². The summed E-state index contributed by atoms with van der Waals surface area (Å²) in [4.78, 5) is 82.0. The molecule has 0 aliphatic rings. The van der Waals surface area contributed by atoms with Crippen LogP contribution in [0.3, 0.4) is 0 Å². The first kappa shape index (κ1) is 29.2. The fourth-order valence-electron chi connectivity index (χ4n) is 2.52. The first-order chi connectivity index (χ1) is 15.2. The molecule has 0 saturated heterocycles. The second kappa shape index (κ2) is 13.6. The van der Waals surface area contributed by atoms with Gasteiger partial charge in [0.15, 0.2) is 0 Å². The molecule has 0 fully saturated rings. The summed E-state index contributed by atoms with van der Waals surface area (Å²) in [6.45, 7) is 3.48. The lowest BCUT2D eigenvalue weighted by atomic mass is 9.99. The largest absolute Gasteiger partial charge is 0.481 e. The minimum absolute atomic E-state index is 0.266. The van der Waals surface area contributed by atoms with Gasteiger partial charge in [-0.1, -0.05) is 20.3 Å². The molecule has 0 heterocycles. The molecule has 0 rings (SSSR count). The average molecular weight is 474 g/mol. The third-order valence-corrected chi connectivity index (χ3v) is 4.63. The Hall–Kier alpha value is -3.75. The summed E-state index contributed by atoms with van der Waals surface area (Å²) in [6, 6.07) is -6.18. The van der Waals surface area contributed by atoms with Crippen LogP contribution in [0.1, 0.15) is 39.5 Å². The topological polar surface area (TPSA) is 274 Å². The Bertz CT molecular complexity index is 787. The van der Waals surface area contributed by atoms with Crippen LogP contribution in [-0.2, 0) is 33.6 Å². The molecule has 15 heteroatoms. The monoisotopic (exact) mass is 474 g/mol. The van der Waals surface area contributed by atoms with Gasteiger partial charge in [0.1, 0.15) is 18.1 Å². The van der Waals surface area contributed by atoms with Crippen molar-refractivity contribution < 1.29 is 43.8 Å². The molecule has 0 aromatic rings. The van der Waals surface area contributed by atoms with Crippen molar-refractivity contribution in [3.8, 4) is 0 Å². The Kier molecular flexibility index (Phi) is 12.1. The summed E-state index contributed by atoms with van der Waals surface area (Å²) in [5.41, 5.74) is 16.0. The van der Waals surface area contributed by atoms with E-state index in [4.69, 9.17) is 27.4 Å². The summed E-state index contributed by atoms with van der Waals surface area (Å²) in [5, 5.41) is 24.0. The molecule has 15 nitrogen and oxygen atoms in total. The normalized spacial score (nSPS) is 15.1. The zero-order valence-corrected chi connectivity index (χ0v) is 18.2. The van der Waals surface area contributed by atoms with E-state index in [1.54, 1.807) is 13.8 Å². The molecule has 0 aliphatic carbocycles. The second-order valence-electron chi connectivity index (χ2n) is 7.37. The van der Waals surface area contributed by atoms with E-state index in [2.05, 4.69) is 10.6 Å². The number of amides is 5.